The standard InChI is InChI=1S/C20H22N2O3/c1-13-5-4-6-16(14(13)2)21-19(23)12-15-7-8-18-17(11-15)22(3)20(24)9-10-25-18/h4-8,11H,9-10,12H2,1-3H3,(H,21,23). The maximum atomic E-state index is 12.4. The van der Waals surface area contributed by atoms with Crippen LogP contribution >= 0.6 is 0 Å². The first-order valence-electron chi connectivity index (χ1n) is 8.34. The third kappa shape index (κ3) is 3.65. The van der Waals surface area contributed by atoms with E-state index in [1.807, 2.05) is 50.2 Å². The van der Waals surface area contributed by atoms with Gasteiger partial charge in [0.15, 0.2) is 0 Å². The van der Waals surface area contributed by atoms with Gasteiger partial charge in [-0.2, -0.15) is 0 Å². The Morgan fingerprint density at radius 2 is 2.04 bits per heavy atom. The Morgan fingerprint density at radius 1 is 1.24 bits per heavy atom. The summed E-state index contributed by atoms with van der Waals surface area (Å²) >= 11 is 0. The number of carbonyl (C=O) groups is 2. The number of hydrogen-bond acceptors (Lipinski definition) is 3. The number of benzene rings is 2. The Morgan fingerprint density at radius 3 is 2.84 bits per heavy atom. The molecule has 2 aromatic rings. The van der Waals surface area contributed by atoms with Gasteiger partial charge in [0.05, 0.1) is 25.1 Å². The Balaban J connectivity index is 1.77. The number of hydrogen-bond donors (Lipinski definition) is 1. The molecule has 0 spiro atoms. The van der Waals surface area contributed by atoms with Gasteiger partial charge in [-0.3, -0.25) is 9.59 Å². The molecule has 130 valence electrons. The molecule has 1 aliphatic heterocycles. The van der Waals surface area contributed by atoms with Crippen LogP contribution in [-0.2, 0) is 16.0 Å². The van der Waals surface area contributed by atoms with Crippen molar-refractivity contribution in [3.8, 4) is 5.75 Å². The summed E-state index contributed by atoms with van der Waals surface area (Å²) in [5.41, 5.74) is 4.58. The first-order chi connectivity index (χ1) is 12.0. The molecule has 2 aromatic carbocycles. The minimum Gasteiger partial charge on any atom is -0.491 e. The molecule has 2 amide bonds. The SMILES string of the molecule is Cc1cccc(NC(=O)Cc2ccc3c(c2)N(C)C(=O)CCO3)c1C. The van der Waals surface area contributed by atoms with Crippen molar-refractivity contribution in [2.24, 2.45) is 0 Å². The average Bonchev–Trinajstić information content (AvgIpc) is 2.72. The van der Waals surface area contributed by atoms with Crippen molar-refractivity contribution >= 4 is 23.2 Å². The molecule has 0 saturated carbocycles. The third-order valence-corrected chi connectivity index (χ3v) is 4.58. The highest BCUT2D eigenvalue weighted by atomic mass is 16.5. The van der Waals surface area contributed by atoms with Crippen molar-refractivity contribution in [3.05, 3.63) is 53.1 Å². The van der Waals surface area contributed by atoms with Crippen molar-refractivity contribution in [2.45, 2.75) is 26.7 Å². The molecule has 25 heavy (non-hydrogen) atoms. The van der Waals surface area contributed by atoms with E-state index < -0.39 is 0 Å². The van der Waals surface area contributed by atoms with Crippen molar-refractivity contribution < 1.29 is 14.3 Å². The van der Waals surface area contributed by atoms with Crippen LogP contribution in [0.2, 0.25) is 0 Å². The molecule has 1 aliphatic rings. The van der Waals surface area contributed by atoms with Crippen molar-refractivity contribution in [3.63, 3.8) is 0 Å². The summed E-state index contributed by atoms with van der Waals surface area (Å²) in [5, 5.41) is 2.96. The van der Waals surface area contributed by atoms with Crippen molar-refractivity contribution in [2.75, 3.05) is 23.9 Å². The number of fused-ring (bicyclic) bond motifs is 1. The van der Waals surface area contributed by atoms with Crippen LogP contribution in [0.3, 0.4) is 0 Å². The predicted molar refractivity (Wildman–Crippen MR) is 98.2 cm³/mol. The lowest BCUT2D eigenvalue weighted by Crippen LogP contribution is -2.25. The number of amides is 2. The molecule has 0 radical (unpaired) electrons. The molecule has 3 rings (SSSR count). The fraction of sp³-hybridized carbons (Fsp3) is 0.300. The summed E-state index contributed by atoms with van der Waals surface area (Å²) in [7, 11) is 1.73. The molecule has 0 atom stereocenters. The van der Waals surface area contributed by atoms with Gasteiger partial charge in [0.1, 0.15) is 5.75 Å². The van der Waals surface area contributed by atoms with E-state index in [4.69, 9.17) is 4.74 Å². The molecule has 1 N–H and O–H groups in total. The summed E-state index contributed by atoms with van der Waals surface area (Å²) in [6.07, 6.45) is 0.594. The Labute approximate surface area is 147 Å². The van der Waals surface area contributed by atoms with Gasteiger partial charge < -0.3 is 15.0 Å². The fourth-order valence-corrected chi connectivity index (χ4v) is 2.87. The number of carbonyl (C=O) groups excluding carboxylic acids is 2. The van der Waals surface area contributed by atoms with Crippen LogP contribution in [0.15, 0.2) is 36.4 Å². The van der Waals surface area contributed by atoms with E-state index in [1.54, 1.807) is 11.9 Å². The van der Waals surface area contributed by atoms with Crippen molar-refractivity contribution in [1.29, 1.82) is 0 Å². The lowest BCUT2D eigenvalue weighted by molar-refractivity contribution is -0.118. The van der Waals surface area contributed by atoms with E-state index >= 15 is 0 Å². The summed E-state index contributed by atoms with van der Waals surface area (Å²) in [6, 6.07) is 11.4. The molecule has 5 nitrogen and oxygen atoms in total. The van der Waals surface area contributed by atoms with Crippen LogP contribution in [0.25, 0.3) is 0 Å². The number of rotatable bonds is 3. The van der Waals surface area contributed by atoms with Crippen molar-refractivity contribution in [1.82, 2.24) is 0 Å². The molecule has 0 aliphatic carbocycles. The number of nitrogens with zero attached hydrogens (tertiary/aromatic N) is 1. The molecule has 5 heteroatoms. The quantitative estimate of drug-likeness (QED) is 0.935. The first kappa shape index (κ1) is 17.0. The van der Waals surface area contributed by atoms with E-state index in [2.05, 4.69) is 5.32 Å². The molecule has 0 bridgehead atoms. The zero-order valence-electron chi connectivity index (χ0n) is 14.8. The second kappa shape index (κ2) is 6.97. The molecule has 0 saturated heterocycles. The summed E-state index contributed by atoms with van der Waals surface area (Å²) < 4.78 is 5.61. The minimum atomic E-state index is -0.0860. The first-order valence-corrected chi connectivity index (χ1v) is 8.34. The van der Waals surface area contributed by atoms with Crippen LogP contribution in [-0.4, -0.2) is 25.5 Å². The topological polar surface area (TPSA) is 58.6 Å². The second-order valence-corrected chi connectivity index (χ2v) is 6.33. The number of nitrogens with one attached hydrogen (secondary N) is 1. The van der Waals surface area contributed by atoms with E-state index in [-0.39, 0.29) is 18.2 Å². The highest BCUT2D eigenvalue weighted by Gasteiger charge is 2.20. The van der Waals surface area contributed by atoms with Gasteiger partial charge >= 0.3 is 0 Å². The molecule has 0 unspecified atom stereocenters. The zero-order valence-corrected chi connectivity index (χ0v) is 14.8. The summed E-state index contributed by atoms with van der Waals surface area (Å²) in [4.78, 5) is 26.0. The van der Waals surface area contributed by atoms with Crippen LogP contribution in [0.5, 0.6) is 5.75 Å². The molecule has 0 fully saturated rings. The largest absolute Gasteiger partial charge is 0.491 e. The number of aryl methyl sites for hydroxylation is 1. The fourth-order valence-electron chi connectivity index (χ4n) is 2.87. The highest BCUT2D eigenvalue weighted by Crippen LogP contribution is 2.31. The van der Waals surface area contributed by atoms with E-state index in [0.717, 1.165) is 22.4 Å². The maximum Gasteiger partial charge on any atom is 0.230 e. The lowest BCUT2D eigenvalue weighted by Gasteiger charge is -2.17. The summed E-state index contributed by atoms with van der Waals surface area (Å²) in [6.45, 7) is 4.39. The number of ether oxygens (including phenoxy) is 1. The van der Waals surface area contributed by atoms with Gasteiger partial charge in [-0.05, 0) is 48.7 Å². The van der Waals surface area contributed by atoms with E-state index in [0.29, 0.717) is 24.5 Å². The van der Waals surface area contributed by atoms with Gasteiger partial charge in [-0.25, -0.2) is 0 Å². The number of anilines is 2. The van der Waals surface area contributed by atoms with Crippen LogP contribution < -0.4 is 15.0 Å². The molecular formula is C20H22N2O3. The Kier molecular flexibility index (Phi) is 4.74. The maximum absolute atomic E-state index is 12.4. The van der Waals surface area contributed by atoms with E-state index in [1.165, 1.54) is 0 Å². The average molecular weight is 338 g/mol. The lowest BCUT2D eigenvalue weighted by atomic mass is 10.1. The van der Waals surface area contributed by atoms with Crippen LogP contribution in [0.4, 0.5) is 11.4 Å². The summed E-state index contributed by atoms with van der Waals surface area (Å²) in [5.74, 6) is 0.597. The van der Waals surface area contributed by atoms with Gasteiger partial charge in [0.25, 0.3) is 0 Å². The normalized spacial score (nSPS) is 13.7. The zero-order chi connectivity index (χ0) is 18.0. The predicted octanol–water partition coefficient (Wildman–Crippen LogP) is 3.23. The van der Waals surface area contributed by atoms with Gasteiger partial charge in [0.2, 0.25) is 11.8 Å². The van der Waals surface area contributed by atoms with Gasteiger partial charge in [-0.1, -0.05) is 18.2 Å². The Bertz CT molecular complexity index is 830. The van der Waals surface area contributed by atoms with Crippen LogP contribution in [0.1, 0.15) is 23.1 Å². The van der Waals surface area contributed by atoms with Gasteiger partial charge in [-0.15, -0.1) is 0 Å². The van der Waals surface area contributed by atoms with Crippen LogP contribution in [0, 0.1) is 13.8 Å². The second-order valence-electron chi connectivity index (χ2n) is 6.33. The van der Waals surface area contributed by atoms with E-state index in [9.17, 15) is 9.59 Å². The Hall–Kier alpha value is -2.82. The monoisotopic (exact) mass is 338 g/mol. The van der Waals surface area contributed by atoms with Gasteiger partial charge in [0, 0.05) is 12.7 Å². The minimum absolute atomic E-state index is 0.00994. The molecule has 1 heterocycles. The smallest absolute Gasteiger partial charge is 0.230 e. The molecular weight excluding hydrogens is 316 g/mol. The molecule has 0 aromatic heterocycles. The highest BCUT2D eigenvalue weighted by molar-refractivity contribution is 5.96. The third-order valence-electron chi connectivity index (χ3n) is 4.58.